The van der Waals surface area contributed by atoms with E-state index in [2.05, 4.69) is 70.8 Å². The number of quaternary nitrogens is 1. The Kier molecular flexibility index (Phi) is 13.4. The summed E-state index contributed by atoms with van der Waals surface area (Å²) in [6.07, 6.45) is 3.37. The molecule has 2 rings (SSSR count). The molecular weight excluding hydrogens is 446 g/mol. The lowest BCUT2D eigenvalue weighted by Crippen LogP contribution is -2.34. The molecule has 6 heteroatoms. The molecule has 0 spiro atoms. The molecule has 0 atom stereocenters. The summed E-state index contributed by atoms with van der Waals surface area (Å²) in [5.74, 6) is -1.29. The molecule has 0 aliphatic rings. The summed E-state index contributed by atoms with van der Waals surface area (Å²) in [5.41, 5.74) is 2.13. The number of halogens is 2. The Morgan fingerprint density at radius 2 is 1.46 bits per heavy atom. The molecule has 2 aromatic rings. The second-order valence-electron chi connectivity index (χ2n) is 9.91. The molecule has 0 aliphatic carbocycles. The van der Waals surface area contributed by atoms with Crippen molar-refractivity contribution in [3.63, 3.8) is 0 Å². The summed E-state index contributed by atoms with van der Waals surface area (Å²) >= 11 is 0. The normalized spacial score (nSPS) is 11.6. The van der Waals surface area contributed by atoms with E-state index in [-0.39, 0.29) is 11.1 Å². The number of hydroxylamine groups is 2. The van der Waals surface area contributed by atoms with Gasteiger partial charge < -0.3 is 20.3 Å². The number of aliphatic hydroxyl groups is 1. The highest BCUT2D eigenvalue weighted by molar-refractivity contribution is 5.51. The van der Waals surface area contributed by atoms with Gasteiger partial charge in [-0.05, 0) is 48.1 Å². The number of hydrogen-bond donors (Lipinski definition) is 2. The van der Waals surface area contributed by atoms with Crippen LogP contribution < -0.4 is 9.96 Å². The van der Waals surface area contributed by atoms with E-state index in [1.807, 2.05) is 13.8 Å². The van der Waals surface area contributed by atoms with Gasteiger partial charge >= 0.3 is 0 Å². The third-order valence-electron chi connectivity index (χ3n) is 5.42. The van der Waals surface area contributed by atoms with Crippen molar-refractivity contribution in [2.45, 2.75) is 85.2 Å². The van der Waals surface area contributed by atoms with Gasteiger partial charge in [0.05, 0.1) is 14.1 Å². The number of rotatable bonds is 8. The largest absolute Gasteiger partial charge is 0.628 e. The van der Waals surface area contributed by atoms with E-state index < -0.39 is 21.9 Å². The van der Waals surface area contributed by atoms with E-state index >= 15 is 0 Å². The lowest BCUT2D eigenvalue weighted by Gasteiger charge is -2.33. The zero-order chi connectivity index (χ0) is 27.4. The van der Waals surface area contributed by atoms with E-state index in [1.165, 1.54) is 19.7 Å². The average molecular weight is 493 g/mol. The fourth-order valence-corrected chi connectivity index (χ4v) is 3.50. The van der Waals surface area contributed by atoms with Crippen molar-refractivity contribution in [2.24, 2.45) is 0 Å². The van der Waals surface area contributed by atoms with Gasteiger partial charge in [-0.2, -0.15) is 0 Å². The minimum Gasteiger partial charge on any atom is -0.628 e. The van der Waals surface area contributed by atoms with Crippen LogP contribution in [0.4, 0.5) is 20.2 Å². The first-order chi connectivity index (χ1) is 16.1. The van der Waals surface area contributed by atoms with Crippen LogP contribution in [0.1, 0.15) is 79.7 Å². The maximum atomic E-state index is 12.9. The minimum atomic E-state index is -0.969. The van der Waals surface area contributed by atoms with Gasteiger partial charge in [0.25, 0.3) is 0 Å². The Labute approximate surface area is 211 Å². The van der Waals surface area contributed by atoms with Crippen molar-refractivity contribution < 1.29 is 13.9 Å². The standard InChI is InChI=1S/C19H31NO.C8H9F2NO.C2H6/c1-7-13-19(21,14-8-2)15(3)20-17-11-9-16(10-12-17)18(4,5)6;1-11(2,12)8-5-6(9)3-4-7(8)10;1-2/h9-12,20-21H,3,7-8,13-14H2,1-2,4-6H3;3-5H,1-2H3;1-2H3. The Morgan fingerprint density at radius 1 is 0.971 bits per heavy atom. The molecule has 35 heavy (non-hydrogen) atoms. The van der Waals surface area contributed by atoms with Crippen LogP contribution in [-0.2, 0) is 5.41 Å². The summed E-state index contributed by atoms with van der Waals surface area (Å²) in [6.45, 7) is 18.9. The van der Waals surface area contributed by atoms with Gasteiger partial charge in [-0.3, -0.25) is 0 Å². The van der Waals surface area contributed by atoms with Crippen molar-refractivity contribution in [2.75, 3.05) is 19.4 Å². The summed E-state index contributed by atoms with van der Waals surface area (Å²) in [7, 11) is 2.47. The van der Waals surface area contributed by atoms with E-state index in [4.69, 9.17) is 0 Å². The van der Waals surface area contributed by atoms with Crippen LogP contribution in [0.2, 0.25) is 0 Å². The molecule has 0 fully saturated rings. The third-order valence-corrected chi connectivity index (χ3v) is 5.42. The molecule has 0 amide bonds. The van der Waals surface area contributed by atoms with Crippen molar-refractivity contribution in [1.29, 1.82) is 0 Å². The Balaban J connectivity index is 0.000000698. The van der Waals surface area contributed by atoms with E-state index in [9.17, 15) is 19.1 Å². The maximum Gasteiger partial charge on any atom is 0.184 e. The van der Waals surface area contributed by atoms with Crippen molar-refractivity contribution in [1.82, 2.24) is 4.65 Å². The van der Waals surface area contributed by atoms with Crippen LogP contribution in [0.5, 0.6) is 0 Å². The molecule has 2 aromatic carbocycles. The van der Waals surface area contributed by atoms with Crippen LogP contribution in [0.15, 0.2) is 54.7 Å². The van der Waals surface area contributed by atoms with Gasteiger partial charge in [-0.25, -0.2) is 8.78 Å². The van der Waals surface area contributed by atoms with Crippen LogP contribution in [-0.4, -0.2) is 24.8 Å². The van der Waals surface area contributed by atoms with Crippen molar-refractivity contribution >= 4 is 11.4 Å². The van der Waals surface area contributed by atoms with E-state index in [0.717, 1.165) is 49.6 Å². The Hall–Kier alpha value is -2.28. The van der Waals surface area contributed by atoms with Gasteiger partial charge in [-0.15, -0.1) is 0 Å². The van der Waals surface area contributed by atoms with Crippen molar-refractivity contribution in [3.05, 3.63) is 77.1 Å². The highest BCUT2D eigenvalue weighted by Gasteiger charge is 2.28. The lowest BCUT2D eigenvalue weighted by atomic mass is 9.87. The Bertz CT molecular complexity index is 892. The highest BCUT2D eigenvalue weighted by atomic mass is 19.1. The number of hydrogen-bond acceptors (Lipinski definition) is 3. The summed E-state index contributed by atoms with van der Waals surface area (Å²) < 4.78 is 24.5. The SMILES string of the molecule is C=C(Nc1ccc(C(C)(C)C)cc1)C(O)(CCC)CCC.CC.C[N+](C)([O-])c1cc(F)ccc1F. The first kappa shape index (κ1) is 32.7. The van der Waals surface area contributed by atoms with Gasteiger partial charge in [0.1, 0.15) is 11.4 Å². The zero-order valence-electron chi connectivity index (χ0n) is 23.1. The smallest absolute Gasteiger partial charge is 0.184 e. The lowest BCUT2D eigenvalue weighted by molar-refractivity contribution is 0.0599. The summed E-state index contributed by atoms with van der Waals surface area (Å²) in [4.78, 5) is 0. The fourth-order valence-electron chi connectivity index (χ4n) is 3.50. The zero-order valence-corrected chi connectivity index (χ0v) is 23.1. The molecule has 0 unspecified atom stereocenters. The van der Waals surface area contributed by atoms with Gasteiger partial charge in [0.15, 0.2) is 11.5 Å². The molecule has 0 aliphatic heterocycles. The monoisotopic (exact) mass is 492 g/mol. The molecule has 0 heterocycles. The van der Waals surface area contributed by atoms with Crippen LogP contribution in [0, 0.1) is 16.8 Å². The molecule has 0 saturated heterocycles. The van der Waals surface area contributed by atoms with Crippen LogP contribution in [0.3, 0.4) is 0 Å². The molecule has 4 nitrogen and oxygen atoms in total. The Morgan fingerprint density at radius 3 is 1.83 bits per heavy atom. The second-order valence-corrected chi connectivity index (χ2v) is 9.91. The predicted octanol–water partition coefficient (Wildman–Crippen LogP) is 8.30. The molecule has 198 valence electrons. The number of nitrogens with zero attached hydrogens (tertiary/aromatic N) is 1. The second kappa shape index (κ2) is 14.3. The van der Waals surface area contributed by atoms with Gasteiger partial charge in [0, 0.05) is 17.5 Å². The average Bonchev–Trinajstić information content (AvgIpc) is 2.76. The van der Waals surface area contributed by atoms with Crippen molar-refractivity contribution in [3.8, 4) is 0 Å². The first-order valence-corrected chi connectivity index (χ1v) is 12.4. The fraction of sp³-hybridized carbons (Fsp3) is 0.517. The molecular formula is C29H46F2N2O2. The first-order valence-electron chi connectivity index (χ1n) is 12.4. The number of nitrogens with one attached hydrogen (secondary N) is 1. The number of anilines is 1. The highest BCUT2D eigenvalue weighted by Crippen LogP contribution is 2.29. The van der Waals surface area contributed by atoms with Crippen LogP contribution >= 0.6 is 0 Å². The summed E-state index contributed by atoms with van der Waals surface area (Å²) in [5, 5.41) is 25.3. The molecule has 0 saturated carbocycles. The van der Waals surface area contributed by atoms with Gasteiger partial charge in [0.2, 0.25) is 0 Å². The number of benzene rings is 2. The molecule has 0 bridgehead atoms. The third kappa shape index (κ3) is 10.9. The minimum absolute atomic E-state index is 0.153. The van der Waals surface area contributed by atoms with E-state index in [0.29, 0.717) is 5.70 Å². The predicted molar refractivity (Wildman–Crippen MR) is 147 cm³/mol. The molecule has 2 N–H and O–H groups in total. The molecule has 0 aromatic heterocycles. The topological polar surface area (TPSA) is 55.3 Å². The quantitative estimate of drug-likeness (QED) is 0.288. The maximum absolute atomic E-state index is 12.9. The van der Waals surface area contributed by atoms with E-state index in [1.54, 1.807) is 0 Å². The summed E-state index contributed by atoms with van der Waals surface area (Å²) in [6, 6.07) is 11.2. The van der Waals surface area contributed by atoms with Crippen LogP contribution in [0.25, 0.3) is 0 Å². The molecule has 0 radical (unpaired) electrons. The van der Waals surface area contributed by atoms with Gasteiger partial charge in [-0.1, -0.05) is 80.0 Å².